The molecule has 10 nitrogen and oxygen atoms in total. The Morgan fingerprint density at radius 1 is 1.16 bits per heavy atom. The summed E-state index contributed by atoms with van der Waals surface area (Å²) in [4.78, 5) is 46.4. The number of carboxylic acid groups (broad SMARTS) is 1. The van der Waals surface area contributed by atoms with E-state index in [2.05, 4.69) is 28.6 Å². The Balaban J connectivity index is 4.57. The highest BCUT2D eigenvalue weighted by molar-refractivity contribution is 7.80. The smallest absolute Gasteiger partial charge is 0.326 e. The molecule has 0 radical (unpaired) electrons. The molecule has 0 aliphatic rings. The molecule has 0 heterocycles. The number of nitrogens with two attached hydrogens (primary N) is 1. The number of carboxylic acids is 1. The van der Waals surface area contributed by atoms with Crippen LogP contribution in [0.5, 0.6) is 0 Å². The average molecular weight is 378 g/mol. The highest BCUT2D eigenvalue weighted by atomic mass is 32.1. The van der Waals surface area contributed by atoms with Crippen molar-refractivity contribution in [3.8, 4) is 0 Å². The van der Waals surface area contributed by atoms with Crippen molar-refractivity contribution in [2.75, 3.05) is 18.9 Å². The van der Waals surface area contributed by atoms with Crippen LogP contribution >= 0.6 is 12.6 Å². The Morgan fingerprint density at radius 3 is 2.20 bits per heavy atom. The van der Waals surface area contributed by atoms with E-state index >= 15 is 0 Å². The zero-order chi connectivity index (χ0) is 19.6. The predicted molar refractivity (Wildman–Crippen MR) is 92.9 cm³/mol. The molecule has 0 aromatic carbocycles. The number of hydrogen-bond acceptors (Lipinski definition) is 7. The van der Waals surface area contributed by atoms with Gasteiger partial charge in [-0.1, -0.05) is 20.3 Å². The Morgan fingerprint density at radius 2 is 1.76 bits per heavy atom. The van der Waals surface area contributed by atoms with E-state index in [0.29, 0.717) is 6.42 Å². The number of aliphatic hydroxyl groups is 1. The first-order valence-electron chi connectivity index (χ1n) is 7.75. The first-order chi connectivity index (χ1) is 11.7. The van der Waals surface area contributed by atoms with Gasteiger partial charge in [0.05, 0.1) is 19.2 Å². The van der Waals surface area contributed by atoms with Crippen LogP contribution in [0, 0.1) is 5.92 Å². The topological polar surface area (TPSA) is 171 Å². The molecule has 0 rings (SSSR count). The van der Waals surface area contributed by atoms with E-state index in [9.17, 15) is 24.3 Å². The molecule has 144 valence electrons. The van der Waals surface area contributed by atoms with Crippen molar-refractivity contribution in [3.05, 3.63) is 0 Å². The van der Waals surface area contributed by atoms with Gasteiger partial charge < -0.3 is 31.9 Å². The van der Waals surface area contributed by atoms with Gasteiger partial charge in [0.1, 0.15) is 12.1 Å². The minimum atomic E-state index is -1.28. The molecule has 0 spiro atoms. The van der Waals surface area contributed by atoms with Crippen LogP contribution in [0.1, 0.15) is 20.3 Å². The van der Waals surface area contributed by atoms with Gasteiger partial charge in [-0.2, -0.15) is 12.6 Å². The number of carbonyl (C=O) groups excluding carboxylic acids is 3. The van der Waals surface area contributed by atoms with E-state index in [1.54, 1.807) is 13.8 Å². The van der Waals surface area contributed by atoms with Gasteiger partial charge in [-0.15, -0.1) is 0 Å². The lowest BCUT2D eigenvalue weighted by atomic mass is 9.99. The lowest BCUT2D eigenvalue weighted by Crippen LogP contribution is -2.55. The fourth-order valence-corrected chi connectivity index (χ4v) is 1.92. The second-order valence-corrected chi connectivity index (χ2v) is 5.88. The van der Waals surface area contributed by atoms with Crippen molar-refractivity contribution >= 4 is 36.3 Å². The van der Waals surface area contributed by atoms with Gasteiger partial charge in [-0.3, -0.25) is 14.4 Å². The first-order valence-corrected chi connectivity index (χ1v) is 8.38. The zero-order valence-electron chi connectivity index (χ0n) is 14.2. The Labute approximate surface area is 151 Å². The number of thiol groups is 1. The lowest BCUT2D eigenvalue weighted by Gasteiger charge is -2.21. The molecule has 7 N–H and O–H groups in total. The molecule has 0 aliphatic carbocycles. The maximum atomic E-state index is 11.9. The molecule has 0 fully saturated rings. The summed E-state index contributed by atoms with van der Waals surface area (Å²) in [6.45, 7) is 2.28. The lowest BCUT2D eigenvalue weighted by molar-refractivity contribution is -0.143. The van der Waals surface area contributed by atoms with E-state index in [4.69, 9.17) is 10.8 Å². The van der Waals surface area contributed by atoms with Crippen molar-refractivity contribution in [2.24, 2.45) is 11.7 Å². The van der Waals surface area contributed by atoms with E-state index in [1.807, 2.05) is 0 Å². The highest BCUT2D eigenvalue weighted by Crippen LogP contribution is 2.07. The van der Waals surface area contributed by atoms with E-state index in [-0.39, 0.29) is 11.7 Å². The van der Waals surface area contributed by atoms with Crippen LogP contribution in [-0.4, -0.2) is 70.9 Å². The molecule has 25 heavy (non-hydrogen) atoms. The van der Waals surface area contributed by atoms with Crippen molar-refractivity contribution in [3.63, 3.8) is 0 Å². The standard InChI is InChI=1S/C14H26N4O6S/c1-3-7(2)11(14(23)24)18-10(20)4-16-13(22)9(5-19)17-12(21)8(15)6-25/h7-9,11,19,25H,3-6,15H2,1-2H3,(H,16,22)(H,17,21)(H,18,20)(H,23,24). The van der Waals surface area contributed by atoms with Crippen molar-refractivity contribution in [2.45, 2.75) is 38.4 Å². The van der Waals surface area contributed by atoms with Crippen LogP contribution in [0.15, 0.2) is 0 Å². The summed E-state index contributed by atoms with van der Waals surface area (Å²) in [5.74, 6) is -3.57. The Kier molecular flexibility index (Phi) is 10.8. The van der Waals surface area contributed by atoms with E-state index in [1.165, 1.54) is 0 Å². The number of aliphatic hydroxyl groups excluding tert-OH is 1. The van der Waals surface area contributed by atoms with Gasteiger partial charge in [-0.05, 0) is 5.92 Å². The highest BCUT2D eigenvalue weighted by Gasteiger charge is 2.26. The molecule has 0 saturated carbocycles. The zero-order valence-corrected chi connectivity index (χ0v) is 15.1. The van der Waals surface area contributed by atoms with Gasteiger partial charge in [0.2, 0.25) is 17.7 Å². The van der Waals surface area contributed by atoms with Crippen molar-refractivity contribution in [1.82, 2.24) is 16.0 Å². The van der Waals surface area contributed by atoms with Gasteiger partial charge in [0, 0.05) is 5.75 Å². The number of carbonyl (C=O) groups is 4. The predicted octanol–water partition coefficient (Wildman–Crippen LogP) is -2.55. The average Bonchev–Trinajstić information content (AvgIpc) is 2.59. The molecule has 3 amide bonds. The van der Waals surface area contributed by atoms with Gasteiger partial charge in [0.25, 0.3) is 0 Å². The van der Waals surface area contributed by atoms with Crippen molar-refractivity contribution < 1.29 is 29.4 Å². The molecular formula is C14H26N4O6S. The van der Waals surface area contributed by atoms with Crippen LogP contribution in [-0.2, 0) is 19.2 Å². The molecule has 0 aromatic heterocycles. The van der Waals surface area contributed by atoms with E-state index in [0.717, 1.165) is 0 Å². The second-order valence-electron chi connectivity index (χ2n) is 5.52. The fraction of sp³-hybridized carbons (Fsp3) is 0.714. The maximum Gasteiger partial charge on any atom is 0.326 e. The molecule has 4 unspecified atom stereocenters. The summed E-state index contributed by atoms with van der Waals surface area (Å²) in [5, 5.41) is 25.0. The summed E-state index contributed by atoms with van der Waals surface area (Å²) in [6, 6.07) is -3.30. The summed E-state index contributed by atoms with van der Waals surface area (Å²) in [6.07, 6.45) is 0.549. The number of hydrogen-bond donors (Lipinski definition) is 7. The largest absolute Gasteiger partial charge is 0.480 e. The van der Waals surface area contributed by atoms with Crippen LogP contribution < -0.4 is 21.7 Å². The molecule has 0 bridgehead atoms. The van der Waals surface area contributed by atoms with Crippen LogP contribution in [0.25, 0.3) is 0 Å². The summed E-state index contributed by atoms with van der Waals surface area (Å²) in [5.41, 5.74) is 5.44. The van der Waals surface area contributed by atoms with Gasteiger partial charge in [0.15, 0.2) is 0 Å². The number of aliphatic carboxylic acids is 1. The second kappa shape index (κ2) is 11.7. The minimum Gasteiger partial charge on any atom is -0.480 e. The number of nitrogens with one attached hydrogen (secondary N) is 3. The SMILES string of the molecule is CCC(C)C(NC(=O)CNC(=O)C(CO)NC(=O)C(N)CS)C(=O)O. The molecule has 0 aromatic rings. The van der Waals surface area contributed by atoms with Crippen molar-refractivity contribution in [1.29, 1.82) is 0 Å². The van der Waals surface area contributed by atoms with Crippen LogP contribution in [0.4, 0.5) is 0 Å². The first kappa shape index (κ1) is 23.1. The van der Waals surface area contributed by atoms with Crippen LogP contribution in [0.3, 0.4) is 0 Å². The number of rotatable bonds is 11. The quantitative estimate of drug-likeness (QED) is 0.194. The maximum absolute atomic E-state index is 11.9. The van der Waals surface area contributed by atoms with E-state index < -0.39 is 55.0 Å². The normalized spacial score (nSPS) is 15.4. The third kappa shape index (κ3) is 8.18. The Hall–Kier alpha value is -1.85. The Bertz CT molecular complexity index is 490. The number of amides is 3. The molecule has 11 heteroatoms. The van der Waals surface area contributed by atoms with Crippen LogP contribution in [0.2, 0.25) is 0 Å². The monoisotopic (exact) mass is 378 g/mol. The summed E-state index contributed by atoms with van der Waals surface area (Å²) in [7, 11) is 0. The fourth-order valence-electron chi connectivity index (χ4n) is 1.75. The van der Waals surface area contributed by atoms with Gasteiger partial charge in [-0.25, -0.2) is 4.79 Å². The van der Waals surface area contributed by atoms with Gasteiger partial charge >= 0.3 is 5.97 Å². The summed E-state index contributed by atoms with van der Waals surface area (Å²) < 4.78 is 0. The minimum absolute atomic E-state index is 0.0558. The third-order valence-corrected chi connectivity index (χ3v) is 3.96. The molecule has 0 saturated heterocycles. The summed E-state index contributed by atoms with van der Waals surface area (Å²) >= 11 is 3.85. The molecule has 0 aliphatic heterocycles. The third-order valence-electron chi connectivity index (χ3n) is 3.57. The molecular weight excluding hydrogens is 352 g/mol. The molecule has 4 atom stereocenters.